The van der Waals surface area contributed by atoms with Crippen molar-refractivity contribution in [3.8, 4) is 0 Å². The molecule has 0 saturated carbocycles. The van der Waals surface area contributed by atoms with Crippen LogP contribution in [0.1, 0.15) is 16.8 Å². The van der Waals surface area contributed by atoms with E-state index in [1.165, 1.54) is 12.0 Å². The van der Waals surface area contributed by atoms with Crippen LogP contribution in [-0.4, -0.2) is 37.0 Å². The van der Waals surface area contributed by atoms with Crippen LogP contribution in [0.25, 0.3) is 0 Å². The van der Waals surface area contributed by atoms with Crippen molar-refractivity contribution in [1.82, 2.24) is 0 Å². The molecular formula is C19H21NO3S. The van der Waals surface area contributed by atoms with Crippen LogP contribution >= 0.6 is 11.8 Å². The van der Waals surface area contributed by atoms with Crippen molar-refractivity contribution in [3.05, 3.63) is 66.2 Å². The van der Waals surface area contributed by atoms with Crippen LogP contribution in [0.4, 0.5) is 5.69 Å². The minimum Gasteiger partial charge on any atom is -0.467 e. The monoisotopic (exact) mass is 343 g/mol. The molecule has 2 aromatic rings. The average Bonchev–Trinajstić information content (AvgIpc) is 2.65. The number of methoxy groups -OCH3 is 1. The van der Waals surface area contributed by atoms with Gasteiger partial charge in [0, 0.05) is 11.3 Å². The summed E-state index contributed by atoms with van der Waals surface area (Å²) < 4.78 is 4.96. The van der Waals surface area contributed by atoms with Gasteiger partial charge in [0.15, 0.2) is 0 Å². The minimum absolute atomic E-state index is 0.210. The quantitative estimate of drug-likeness (QED) is 0.720. The van der Waals surface area contributed by atoms with Gasteiger partial charge in [-0.25, -0.2) is 4.79 Å². The smallest absolute Gasteiger partial charge is 0.329 e. The molecule has 0 fully saturated rings. The summed E-state index contributed by atoms with van der Waals surface area (Å²) in [5.74, 6) is 0.140. The molecule has 126 valence electrons. The Balaban J connectivity index is 2.44. The van der Waals surface area contributed by atoms with Gasteiger partial charge in [-0.05, 0) is 42.7 Å². The van der Waals surface area contributed by atoms with Gasteiger partial charge in [0.1, 0.15) is 6.04 Å². The molecule has 0 spiro atoms. The molecule has 0 N–H and O–H groups in total. The Labute approximate surface area is 146 Å². The summed E-state index contributed by atoms with van der Waals surface area (Å²) in [7, 11) is 1.35. The van der Waals surface area contributed by atoms with E-state index in [0.717, 1.165) is 5.75 Å². The number of esters is 1. The number of amides is 1. The number of hydrogen-bond donors (Lipinski definition) is 0. The van der Waals surface area contributed by atoms with E-state index in [2.05, 4.69) is 0 Å². The van der Waals surface area contributed by atoms with Crippen molar-refractivity contribution in [3.63, 3.8) is 0 Å². The first kappa shape index (κ1) is 18.1. The van der Waals surface area contributed by atoms with E-state index in [4.69, 9.17) is 4.74 Å². The normalized spacial score (nSPS) is 11.6. The maximum absolute atomic E-state index is 13.1. The fraction of sp³-hybridized carbons (Fsp3) is 0.263. The number of nitrogens with zero attached hydrogens (tertiary/aromatic N) is 1. The van der Waals surface area contributed by atoms with Gasteiger partial charge >= 0.3 is 5.97 Å². The standard InChI is InChI=1S/C19H21NO3S/c1-23-19(22)17(13-14-24-2)20(16-11-7-4-8-12-16)18(21)15-9-5-3-6-10-15/h3-12,17H,13-14H2,1-2H3/t17-/m0/s1. The molecule has 2 aromatic carbocycles. The average molecular weight is 343 g/mol. The Hall–Kier alpha value is -2.27. The van der Waals surface area contributed by atoms with E-state index in [1.54, 1.807) is 23.9 Å². The second-order valence-electron chi connectivity index (χ2n) is 5.20. The van der Waals surface area contributed by atoms with Crippen LogP contribution in [0.3, 0.4) is 0 Å². The maximum atomic E-state index is 13.1. The van der Waals surface area contributed by atoms with Crippen LogP contribution in [0.5, 0.6) is 0 Å². The molecule has 0 heterocycles. The highest BCUT2D eigenvalue weighted by molar-refractivity contribution is 7.98. The molecule has 0 aliphatic carbocycles. The van der Waals surface area contributed by atoms with Crippen molar-refractivity contribution >= 4 is 29.3 Å². The molecule has 24 heavy (non-hydrogen) atoms. The van der Waals surface area contributed by atoms with Gasteiger partial charge in [-0.2, -0.15) is 11.8 Å². The first-order valence-corrected chi connectivity index (χ1v) is 9.09. The summed E-state index contributed by atoms with van der Waals surface area (Å²) in [6.45, 7) is 0. The molecule has 1 amide bonds. The highest BCUT2D eigenvalue weighted by Gasteiger charge is 2.32. The Morgan fingerprint density at radius 3 is 2.17 bits per heavy atom. The number of rotatable bonds is 7. The number of thioether (sulfide) groups is 1. The molecule has 0 aliphatic rings. The predicted molar refractivity (Wildman–Crippen MR) is 98.5 cm³/mol. The van der Waals surface area contributed by atoms with Crippen LogP contribution in [0, 0.1) is 0 Å². The van der Waals surface area contributed by atoms with Crippen molar-refractivity contribution in [2.24, 2.45) is 0 Å². The third kappa shape index (κ3) is 4.38. The summed E-state index contributed by atoms with van der Waals surface area (Å²) in [5.41, 5.74) is 1.22. The van der Waals surface area contributed by atoms with Gasteiger partial charge in [0.25, 0.3) is 5.91 Å². The van der Waals surface area contributed by atoms with Crippen LogP contribution < -0.4 is 4.90 Å². The van der Waals surface area contributed by atoms with Gasteiger partial charge in [-0.1, -0.05) is 36.4 Å². The topological polar surface area (TPSA) is 46.6 Å². The first-order valence-electron chi connectivity index (χ1n) is 7.69. The SMILES string of the molecule is COC(=O)[C@H](CCSC)N(C(=O)c1ccccc1)c1ccccc1. The Morgan fingerprint density at radius 1 is 1.04 bits per heavy atom. The molecular weight excluding hydrogens is 322 g/mol. The van der Waals surface area contributed by atoms with Crippen molar-refractivity contribution in [2.45, 2.75) is 12.5 Å². The Kier molecular flexibility index (Phi) is 6.88. The van der Waals surface area contributed by atoms with Gasteiger partial charge < -0.3 is 4.74 Å². The van der Waals surface area contributed by atoms with Gasteiger partial charge in [0.2, 0.25) is 0 Å². The second-order valence-corrected chi connectivity index (χ2v) is 6.18. The predicted octanol–water partition coefficient (Wildman–Crippen LogP) is 3.63. The molecule has 5 heteroatoms. The number of anilines is 1. The van der Waals surface area contributed by atoms with E-state index in [1.807, 2.05) is 54.8 Å². The number of para-hydroxylation sites is 1. The van der Waals surface area contributed by atoms with E-state index >= 15 is 0 Å². The molecule has 1 atom stereocenters. The van der Waals surface area contributed by atoms with E-state index in [-0.39, 0.29) is 5.91 Å². The highest BCUT2D eigenvalue weighted by atomic mass is 32.2. The molecule has 0 aliphatic heterocycles. The lowest BCUT2D eigenvalue weighted by atomic mass is 10.1. The van der Waals surface area contributed by atoms with Gasteiger partial charge in [-0.3, -0.25) is 9.69 Å². The van der Waals surface area contributed by atoms with E-state index in [0.29, 0.717) is 17.7 Å². The zero-order valence-electron chi connectivity index (χ0n) is 13.8. The minimum atomic E-state index is -0.655. The molecule has 2 rings (SSSR count). The summed E-state index contributed by atoms with van der Waals surface area (Å²) in [5, 5.41) is 0. The number of carbonyl (C=O) groups is 2. The lowest BCUT2D eigenvalue weighted by Gasteiger charge is -2.30. The van der Waals surface area contributed by atoms with E-state index < -0.39 is 12.0 Å². The molecule has 4 nitrogen and oxygen atoms in total. The van der Waals surface area contributed by atoms with Crippen molar-refractivity contribution in [2.75, 3.05) is 24.0 Å². The van der Waals surface area contributed by atoms with Crippen LogP contribution in [-0.2, 0) is 9.53 Å². The van der Waals surface area contributed by atoms with Crippen LogP contribution in [0.2, 0.25) is 0 Å². The maximum Gasteiger partial charge on any atom is 0.329 e. The van der Waals surface area contributed by atoms with Gasteiger partial charge in [-0.15, -0.1) is 0 Å². The number of carbonyl (C=O) groups excluding carboxylic acids is 2. The van der Waals surface area contributed by atoms with Crippen LogP contribution in [0.15, 0.2) is 60.7 Å². The first-order chi connectivity index (χ1) is 11.7. The fourth-order valence-electron chi connectivity index (χ4n) is 2.47. The number of ether oxygens (including phenoxy) is 1. The summed E-state index contributed by atoms with van der Waals surface area (Å²) in [6.07, 6.45) is 2.50. The molecule has 0 aromatic heterocycles. The largest absolute Gasteiger partial charge is 0.467 e. The molecule has 0 bridgehead atoms. The van der Waals surface area contributed by atoms with Crippen molar-refractivity contribution < 1.29 is 14.3 Å². The Bertz CT molecular complexity index is 661. The van der Waals surface area contributed by atoms with E-state index in [9.17, 15) is 9.59 Å². The summed E-state index contributed by atoms with van der Waals surface area (Å²) in [6, 6.07) is 17.6. The summed E-state index contributed by atoms with van der Waals surface area (Å²) in [4.78, 5) is 27.0. The molecule has 0 radical (unpaired) electrons. The lowest BCUT2D eigenvalue weighted by Crippen LogP contribution is -2.46. The highest BCUT2D eigenvalue weighted by Crippen LogP contribution is 2.23. The Morgan fingerprint density at radius 2 is 1.62 bits per heavy atom. The second kappa shape index (κ2) is 9.13. The third-order valence-corrected chi connectivity index (χ3v) is 4.30. The lowest BCUT2D eigenvalue weighted by molar-refractivity contribution is -0.142. The fourth-order valence-corrected chi connectivity index (χ4v) is 2.92. The third-order valence-electron chi connectivity index (χ3n) is 3.65. The summed E-state index contributed by atoms with van der Waals surface area (Å²) >= 11 is 1.63. The molecule has 0 unspecified atom stereocenters. The zero-order chi connectivity index (χ0) is 17.4. The van der Waals surface area contributed by atoms with Gasteiger partial charge in [0.05, 0.1) is 7.11 Å². The molecule has 0 saturated heterocycles. The van der Waals surface area contributed by atoms with Crippen molar-refractivity contribution in [1.29, 1.82) is 0 Å². The zero-order valence-corrected chi connectivity index (χ0v) is 14.7. The number of benzene rings is 2. The number of hydrogen-bond acceptors (Lipinski definition) is 4.